The molecule has 4 atom stereocenters. The van der Waals surface area contributed by atoms with E-state index in [0.29, 0.717) is 16.5 Å². The van der Waals surface area contributed by atoms with Crippen molar-refractivity contribution in [3.8, 4) is 22.3 Å². The molecule has 0 fully saturated rings. The van der Waals surface area contributed by atoms with Gasteiger partial charge in [0.25, 0.3) is 0 Å². The van der Waals surface area contributed by atoms with Gasteiger partial charge in [-0.1, -0.05) is 96.0 Å². The van der Waals surface area contributed by atoms with Crippen molar-refractivity contribution in [1.82, 2.24) is 5.32 Å². The lowest BCUT2D eigenvalue weighted by atomic mass is 9.98. The minimum absolute atomic E-state index is 0. The molecule has 0 radical (unpaired) electrons. The monoisotopic (exact) mass is 788 g/mol. The van der Waals surface area contributed by atoms with Crippen molar-refractivity contribution in [2.75, 3.05) is 21.3 Å². The Hall–Kier alpha value is -4.16. The number of nitrogens with two attached hydrogens (primary N) is 1. The van der Waals surface area contributed by atoms with Gasteiger partial charge in [-0.2, -0.15) is 0 Å². The lowest BCUT2D eigenvalue weighted by Gasteiger charge is -2.25. The third kappa shape index (κ3) is 14.6. The van der Waals surface area contributed by atoms with Crippen molar-refractivity contribution in [3.05, 3.63) is 118 Å². The molecule has 4 aromatic carbocycles. The van der Waals surface area contributed by atoms with E-state index in [9.17, 15) is 19.5 Å². The summed E-state index contributed by atoms with van der Waals surface area (Å²) < 4.78 is 19.7. The van der Waals surface area contributed by atoms with Gasteiger partial charge in [-0.25, -0.2) is 14.4 Å². The Morgan fingerprint density at radius 1 is 0.717 bits per heavy atom. The largest absolute Gasteiger partial charge is 0.467 e. The number of carbonyl (C=O) groups is 3. The maximum atomic E-state index is 12.1. The van der Waals surface area contributed by atoms with Gasteiger partial charge in [0.15, 0.2) is 12.2 Å². The number of halogens is 3. The van der Waals surface area contributed by atoms with Crippen LogP contribution in [0.2, 0.25) is 10.0 Å². The van der Waals surface area contributed by atoms with Gasteiger partial charge in [-0.05, 0) is 91.3 Å². The van der Waals surface area contributed by atoms with Crippen LogP contribution in [0.15, 0.2) is 97.1 Å². The van der Waals surface area contributed by atoms with E-state index >= 15 is 0 Å². The molecule has 0 aliphatic heterocycles. The highest BCUT2D eigenvalue weighted by Crippen LogP contribution is 2.25. The van der Waals surface area contributed by atoms with Gasteiger partial charge in [-0.15, -0.1) is 12.4 Å². The van der Waals surface area contributed by atoms with E-state index in [1.165, 1.54) is 21.3 Å². The number of nitrogens with one attached hydrogen (secondary N) is 1. The zero-order valence-electron chi connectivity index (χ0n) is 30.5. The van der Waals surface area contributed by atoms with Crippen LogP contribution in [0, 0.1) is 0 Å². The number of ether oxygens (including phenoxy) is 4. The van der Waals surface area contributed by atoms with Gasteiger partial charge in [-0.3, -0.25) is 0 Å². The highest BCUT2D eigenvalue weighted by Gasteiger charge is 2.30. The standard InChI is InChI=1S/C22H26ClNO5.C18H20ClNO3.ClH/c1-22(2,3)29-21(27)24-18(19(25)20(26)28-4)12-14-8-10-15(11-9-14)16-6-5-7-17(23)13-16;1-22-17(18(21)23-2)16(20)10-12-6-8-13(9-7-12)14-4-3-5-15(19)11-14;/h5-11,13,18-19,25H,12H2,1-4H3,(H,24,27);3-9,11,16-17H,10,20H2,1-2H3;1H/t18-,19?;16-,17?;/m11./s1. The van der Waals surface area contributed by atoms with Crippen LogP contribution in [-0.2, 0) is 41.4 Å². The van der Waals surface area contributed by atoms with E-state index < -0.39 is 47.9 Å². The number of rotatable bonds is 12. The van der Waals surface area contributed by atoms with Gasteiger partial charge >= 0.3 is 18.0 Å². The van der Waals surface area contributed by atoms with Crippen LogP contribution in [-0.4, -0.2) is 74.4 Å². The molecule has 13 heteroatoms. The van der Waals surface area contributed by atoms with Crippen molar-refractivity contribution in [3.63, 3.8) is 0 Å². The van der Waals surface area contributed by atoms with E-state index in [-0.39, 0.29) is 18.8 Å². The Balaban J connectivity index is 0.000000369. The fourth-order valence-corrected chi connectivity index (χ4v) is 5.56. The van der Waals surface area contributed by atoms with E-state index in [0.717, 1.165) is 33.4 Å². The summed E-state index contributed by atoms with van der Waals surface area (Å²) in [5.41, 5.74) is 11.3. The van der Waals surface area contributed by atoms with E-state index in [1.54, 1.807) is 26.8 Å². The second-order valence-corrected chi connectivity index (χ2v) is 13.8. The quantitative estimate of drug-likeness (QED) is 0.0984. The number of carbonyl (C=O) groups excluding carboxylic acids is 3. The zero-order chi connectivity index (χ0) is 38.4. The molecule has 1 amide bonds. The Labute approximate surface area is 327 Å². The molecule has 0 aliphatic carbocycles. The predicted molar refractivity (Wildman–Crippen MR) is 210 cm³/mol. The predicted octanol–water partition coefficient (Wildman–Crippen LogP) is 7.46. The van der Waals surface area contributed by atoms with Crippen LogP contribution in [0.5, 0.6) is 0 Å². The van der Waals surface area contributed by atoms with Crippen molar-refractivity contribution < 1.29 is 38.4 Å². The lowest BCUT2D eigenvalue weighted by molar-refractivity contribution is -0.153. The first-order valence-electron chi connectivity index (χ1n) is 16.5. The van der Waals surface area contributed by atoms with Crippen LogP contribution in [0.4, 0.5) is 4.79 Å². The molecule has 10 nitrogen and oxygen atoms in total. The van der Waals surface area contributed by atoms with Crippen LogP contribution in [0.3, 0.4) is 0 Å². The number of aliphatic hydroxyl groups excluding tert-OH is 1. The zero-order valence-corrected chi connectivity index (χ0v) is 32.8. The van der Waals surface area contributed by atoms with Crippen molar-refractivity contribution in [1.29, 1.82) is 0 Å². The molecule has 2 unspecified atom stereocenters. The van der Waals surface area contributed by atoms with Crippen LogP contribution in [0.1, 0.15) is 31.9 Å². The van der Waals surface area contributed by atoms with Gasteiger partial charge < -0.3 is 35.1 Å². The summed E-state index contributed by atoms with van der Waals surface area (Å²) >= 11 is 12.1. The number of amides is 1. The topological polar surface area (TPSA) is 146 Å². The molecule has 4 rings (SSSR count). The first kappa shape index (κ1) is 45.0. The van der Waals surface area contributed by atoms with Gasteiger partial charge in [0, 0.05) is 23.2 Å². The fraction of sp³-hybridized carbons (Fsp3) is 0.325. The summed E-state index contributed by atoms with van der Waals surface area (Å²) in [7, 11) is 3.94. The molecule has 4 N–H and O–H groups in total. The Kier molecular flexibility index (Phi) is 18.3. The van der Waals surface area contributed by atoms with E-state index in [2.05, 4.69) is 10.1 Å². The Morgan fingerprint density at radius 2 is 1.17 bits per heavy atom. The molecule has 0 heterocycles. The summed E-state index contributed by atoms with van der Waals surface area (Å²) in [5.74, 6) is -1.29. The molecular weight excluding hydrogens is 743 g/mol. The van der Waals surface area contributed by atoms with Crippen molar-refractivity contribution in [2.24, 2.45) is 5.73 Å². The number of esters is 2. The van der Waals surface area contributed by atoms with Crippen LogP contribution in [0.25, 0.3) is 22.3 Å². The molecule has 0 spiro atoms. The smallest absolute Gasteiger partial charge is 0.407 e. The lowest BCUT2D eigenvalue weighted by Crippen LogP contribution is -2.50. The van der Waals surface area contributed by atoms with E-state index in [1.807, 2.05) is 91.0 Å². The van der Waals surface area contributed by atoms with Gasteiger partial charge in [0.1, 0.15) is 5.60 Å². The normalized spacial score (nSPS) is 13.1. The van der Waals surface area contributed by atoms with Crippen molar-refractivity contribution >= 4 is 53.6 Å². The van der Waals surface area contributed by atoms with E-state index in [4.69, 9.17) is 43.1 Å². The molecule has 0 saturated heterocycles. The molecule has 0 saturated carbocycles. The molecular formula is C40H47Cl3N2O8. The van der Waals surface area contributed by atoms with Gasteiger partial charge in [0.2, 0.25) is 0 Å². The number of aliphatic hydroxyl groups is 1. The molecule has 0 bridgehead atoms. The summed E-state index contributed by atoms with van der Waals surface area (Å²) in [6.45, 7) is 5.19. The number of hydrogen-bond acceptors (Lipinski definition) is 9. The maximum absolute atomic E-state index is 12.1. The van der Waals surface area contributed by atoms with Gasteiger partial charge in [0.05, 0.1) is 20.3 Å². The number of methoxy groups -OCH3 is 3. The summed E-state index contributed by atoms with van der Waals surface area (Å²) in [5, 5.41) is 14.2. The number of hydrogen-bond donors (Lipinski definition) is 3. The third-order valence-electron chi connectivity index (χ3n) is 7.75. The number of benzene rings is 4. The first-order valence-corrected chi connectivity index (χ1v) is 17.2. The molecule has 286 valence electrons. The average molecular weight is 790 g/mol. The maximum Gasteiger partial charge on any atom is 0.407 e. The summed E-state index contributed by atoms with van der Waals surface area (Å²) in [4.78, 5) is 35.5. The Morgan fingerprint density at radius 3 is 1.57 bits per heavy atom. The molecule has 53 heavy (non-hydrogen) atoms. The third-order valence-corrected chi connectivity index (χ3v) is 8.22. The summed E-state index contributed by atoms with van der Waals surface area (Å²) in [6.07, 6.45) is -2.29. The molecule has 4 aromatic rings. The average Bonchev–Trinajstić information content (AvgIpc) is 3.11. The van der Waals surface area contributed by atoms with Crippen LogP contribution < -0.4 is 11.1 Å². The molecule has 0 aromatic heterocycles. The SMILES string of the molecule is COC(=O)C(O)[C@@H](Cc1ccc(-c2cccc(Cl)c2)cc1)NC(=O)OC(C)(C)C.COC(=O)C(OC)[C@H](N)Cc1ccc(-c2cccc(Cl)c2)cc1.Cl. The van der Waals surface area contributed by atoms with Crippen LogP contribution >= 0.6 is 35.6 Å². The van der Waals surface area contributed by atoms with Crippen molar-refractivity contribution in [2.45, 2.75) is 63.5 Å². The Bertz CT molecular complexity index is 1770. The fourth-order valence-electron chi connectivity index (χ4n) is 5.18. The second kappa shape index (κ2) is 21.5. The minimum Gasteiger partial charge on any atom is -0.467 e. The summed E-state index contributed by atoms with van der Waals surface area (Å²) in [6, 6.07) is 29.3. The highest BCUT2D eigenvalue weighted by atomic mass is 35.5. The first-order chi connectivity index (χ1) is 24.6. The highest BCUT2D eigenvalue weighted by molar-refractivity contribution is 6.31. The second-order valence-electron chi connectivity index (χ2n) is 12.9. The minimum atomic E-state index is -1.53. The number of alkyl carbamates (subject to hydrolysis) is 1. The molecule has 0 aliphatic rings.